The van der Waals surface area contributed by atoms with Gasteiger partial charge in [0.05, 0.1) is 18.3 Å². The van der Waals surface area contributed by atoms with Gasteiger partial charge >= 0.3 is 6.18 Å². The molecule has 0 saturated carbocycles. The first kappa shape index (κ1) is 19.6. The molecule has 0 aliphatic carbocycles. The lowest BCUT2D eigenvalue weighted by molar-refractivity contribution is -0.153. The third kappa shape index (κ3) is 5.99. The van der Waals surface area contributed by atoms with Crippen LogP contribution in [-0.2, 0) is 4.79 Å². The van der Waals surface area contributed by atoms with Crippen molar-refractivity contribution in [1.82, 2.24) is 5.32 Å². The zero-order valence-electron chi connectivity index (χ0n) is 13.7. The van der Waals surface area contributed by atoms with Crippen molar-refractivity contribution in [3.63, 3.8) is 0 Å². The Labute approximate surface area is 138 Å². The van der Waals surface area contributed by atoms with Gasteiger partial charge in [-0.3, -0.25) is 4.79 Å². The van der Waals surface area contributed by atoms with Crippen molar-refractivity contribution >= 4 is 11.6 Å². The topological polar surface area (TPSA) is 74.2 Å². The lowest BCUT2D eigenvalue weighted by atomic mass is 9.90. The first-order valence-corrected chi connectivity index (χ1v) is 7.32. The first-order chi connectivity index (χ1) is 11.1. The van der Waals surface area contributed by atoms with Gasteiger partial charge in [0.2, 0.25) is 5.91 Å². The van der Waals surface area contributed by atoms with Gasteiger partial charge in [0.1, 0.15) is 11.3 Å². The highest BCUT2D eigenvalue weighted by Crippen LogP contribution is 2.26. The molecule has 0 heterocycles. The second-order valence-corrected chi connectivity index (χ2v) is 5.77. The average Bonchev–Trinajstić information content (AvgIpc) is 2.50. The van der Waals surface area contributed by atoms with Crippen LogP contribution in [0.4, 0.5) is 18.9 Å². The van der Waals surface area contributed by atoms with E-state index in [4.69, 9.17) is 10.00 Å². The number of rotatable bonds is 7. The number of nitrogens with zero attached hydrogens (tertiary/aromatic N) is 1. The monoisotopic (exact) mass is 343 g/mol. The van der Waals surface area contributed by atoms with E-state index in [1.807, 2.05) is 6.07 Å². The van der Waals surface area contributed by atoms with Crippen LogP contribution in [0.5, 0.6) is 5.75 Å². The van der Waals surface area contributed by atoms with Crippen molar-refractivity contribution in [3.8, 4) is 11.8 Å². The van der Waals surface area contributed by atoms with Crippen LogP contribution in [-0.4, -0.2) is 30.8 Å². The maximum atomic E-state index is 12.2. The standard InChI is InChI=1S/C16H20F3N3O2/c1-11(2)15(3,9-20)22-14(23)8-21-12-6-4-5-7-13(12)24-10-16(17,18)19/h4-7,11,21H,8,10H2,1-3H3,(H,22,23)/t15-/m1/s1. The first-order valence-electron chi connectivity index (χ1n) is 7.32. The smallest absolute Gasteiger partial charge is 0.422 e. The molecule has 0 bridgehead atoms. The Balaban J connectivity index is 2.68. The van der Waals surface area contributed by atoms with Crippen LogP contribution in [0.3, 0.4) is 0 Å². The van der Waals surface area contributed by atoms with E-state index in [0.29, 0.717) is 0 Å². The van der Waals surface area contributed by atoms with E-state index in [1.54, 1.807) is 26.8 Å². The van der Waals surface area contributed by atoms with Crippen molar-refractivity contribution in [3.05, 3.63) is 24.3 Å². The summed E-state index contributed by atoms with van der Waals surface area (Å²) >= 11 is 0. The SMILES string of the molecule is CC(C)[C@@](C)(C#N)NC(=O)CNc1ccccc1OCC(F)(F)F. The molecule has 24 heavy (non-hydrogen) atoms. The minimum absolute atomic E-state index is 0.00507. The molecule has 0 aliphatic rings. The number of amides is 1. The van der Waals surface area contributed by atoms with Crippen molar-refractivity contribution in [2.75, 3.05) is 18.5 Å². The van der Waals surface area contributed by atoms with Crippen LogP contribution in [0.1, 0.15) is 20.8 Å². The fourth-order valence-corrected chi connectivity index (χ4v) is 1.71. The van der Waals surface area contributed by atoms with Gasteiger partial charge < -0.3 is 15.4 Å². The molecule has 0 spiro atoms. The number of hydrogen-bond acceptors (Lipinski definition) is 4. The molecule has 132 valence electrons. The second kappa shape index (κ2) is 7.90. The van der Waals surface area contributed by atoms with Gasteiger partial charge in [-0.2, -0.15) is 18.4 Å². The van der Waals surface area contributed by atoms with E-state index >= 15 is 0 Å². The van der Waals surface area contributed by atoms with Gasteiger partial charge in [-0.1, -0.05) is 26.0 Å². The normalized spacial score (nSPS) is 13.8. The summed E-state index contributed by atoms with van der Waals surface area (Å²) < 4.78 is 41.5. The van der Waals surface area contributed by atoms with E-state index in [0.717, 1.165) is 0 Å². The fourth-order valence-electron chi connectivity index (χ4n) is 1.71. The quantitative estimate of drug-likeness (QED) is 0.798. The Bertz CT molecular complexity index is 611. The number of hydrogen-bond donors (Lipinski definition) is 2. The minimum Gasteiger partial charge on any atom is -0.482 e. The Hall–Kier alpha value is -2.43. The number of anilines is 1. The molecule has 0 aromatic heterocycles. The Morgan fingerprint density at radius 2 is 1.96 bits per heavy atom. The molecular weight excluding hydrogens is 323 g/mol. The van der Waals surface area contributed by atoms with E-state index in [-0.39, 0.29) is 23.9 Å². The Morgan fingerprint density at radius 1 is 1.33 bits per heavy atom. The Kier molecular flexibility index (Phi) is 6.46. The van der Waals surface area contributed by atoms with E-state index in [1.165, 1.54) is 18.2 Å². The second-order valence-electron chi connectivity index (χ2n) is 5.77. The molecule has 8 heteroatoms. The molecule has 2 N–H and O–H groups in total. The average molecular weight is 343 g/mol. The van der Waals surface area contributed by atoms with Crippen molar-refractivity contribution < 1.29 is 22.7 Å². The summed E-state index contributed by atoms with van der Waals surface area (Å²) in [5.41, 5.74) is -0.759. The lowest BCUT2D eigenvalue weighted by Crippen LogP contribution is -2.50. The summed E-state index contributed by atoms with van der Waals surface area (Å²) in [6, 6.07) is 8.06. The molecule has 0 fully saturated rings. The molecule has 0 aliphatic heterocycles. The fraction of sp³-hybridized carbons (Fsp3) is 0.500. The highest BCUT2D eigenvalue weighted by molar-refractivity contribution is 5.82. The van der Waals surface area contributed by atoms with Crippen molar-refractivity contribution in [2.45, 2.75) is 32.5 Å². The number of carbonyl (C=O) groups is 1. The largest absolute Gasteiger partial charge is 0.482 e. The summed E-state index contributed by atoms with van der Waals surface area (Å²) in [7, 11) is 0. The molecule has 1 aromatic carbocycles. The predicted octanol–water partition coefficient (Wildman–Crippen LogP) is 3.09. The molecule has 1 aromatic rings. The third-order valence-electron chi connectivity index (χ3n) is 3.50. The maximum Gasteiger partial charge on any atom is 0.422 e. The van der Waals surface area contributed by atoms with Crippen molar-refractivity contribution in [2.24, 2.45) is 5.92 Å². The molecule has 1 amide bonds. The number of benzene rings is 1. The van der Waals surface area contributed by atoms with Gasteiger partial charge in [0.15, 0.2) is 6.61 Å². The minimum atomic E-state index is -4.45. The van der Waals surface area contributed by atoms with Gasteiger partial charge in [-0.25, -0.2) is 0 Å². The van der Waals surface area contributed by atoms with Gasteiger partial charge in [0, 0.05) is 0 Å². The summed E-state index contributed by atoms with van der Waals surface area (Å²) in [6.45, 7) is 3.60. The van der Waals surface area contributed by atoms with Crippen LogP contribution < -0.4 is 15.4 Å². The number of carbonyl (C=O) groups excluding carboxylic acids is 1. The van der Waals surface area contributed by atoms with Crippen LogP contribution in [0, 0.1) is 17.2 Å². The number of nitriles is 1. The number of ether oxygens (including phenoxy) is 1. The molecule has 1 atom stereocenters. The molecular formula is C16H20F3N3O2. The molecule has 1 rings (SSSR count). The van der Waals surface area contributed by atoms with Crippen LogP contribution in [0.15, 0.2) is 24.3 Å². The van der Waals surface area contributed by atoms with Gasteiger partial charge in [0.25, 0.3) is 0 Å². The summed E-state index contributed by atoms with van der Waals surface area (Å²) in [5.74, 6) is -0.554. The van der Waals surface area contributed by atoms with Crippen LogP contribution in [0.25, 0.3) is 0 Å². The van der Waals surface area contributed by atoms with E-state index < -0.39 is 24.2 Å². The summed E-state index contributed by atoms with van der Waals surface area (Å²) in [4.78, 5) is 12.0. The highest BCUT2D eigenvalue weighted by atomic mass is 19.4. The molecule has 0 unspecified atom stereocenters. The molecule has 0 saturated heterocycles. The lowest BCUT2D eigenvalue weighted by Gasteiger charge is -2.27. The molecule has 0 radical (unpaired) electrons. The zero-order chi connectivity index (χ0) is 18.4. The van der Waals surface area contributed by atoms with E-state index in [9.17, 15) is 18.0 Å². The van der Waals surface area contributed by atoms with Gasteiger partial charge in [-0.15, -0.1) is 0 Å². The number of alkyl halides is 3. The highest BCUT2D eigenvalue weighted by Gasteiger charge is 2.30. The Morgan fingerprint density at radius 3 is 2.50 bits per heavy atom. The predicted molar refractivity (Wildman–Crippen MR) is 83.5 cm³/mol. The van der Waals surface area contributed by atoms with Crippen molar-refractivity contribution in [1.29, 1.82) is 5.26 Å². The molecule has 5 nitrogen and oxygen atoms in total. The number of nitrogens with one attached hydrogen (secondary N) is 2. The number of para-hydroxylation sites is 2. The summed E-state index contributed by atoms with van der Waals surface area (Å²) in [6.07, 6.45) is -4.45. The van der Waals surface area contributed by atoms with Crippen LogP contribution in [0.2, 0.25) is 0 Å². The van der Waals surface area contributed by atoms with Crippen LogP contribution >= 0.6 is 0 Å². The third-order valence-corrected chi connectivity index (χ3v) is 3.50. The maximum absolute atomic E-state index is 12.2. The zero-order valence-corrected chi connectivity index (χ0v) is 13.7. The number of halogens is 3. The van der Waals surface area contributed by atoms with Gasteiger partial charge in [-0.05, 0) is 25.0 Å². The summed E-state index contributed by atoms with van der Waals surface area (Å²) in [5, 5.41) is 14.5. The van der Waals surface area contributed by atoms with E-state index in [2.05, 4.69) is 10.6 Å².